The third-order valence-corrected chi connectivity index (χ3v) is 8.61. The minimum atomic E-state index is -0.156. The lowest BCUT2D eigenvalue weighted by Crippen LogP contribution is -2.16. The van der Waals surface area contributed by atoms with E-state index in [0.717, 1.165) is 11.2 Å². The van der Waals surface area contributed by atoms with Gasteiger partial charge >= 0.3 is 0 Å². The first kappa shape index (κ1) is 22.3. The summed E-state index contributed by atoms with van der Waals surface area (Å²) in [4.78, 5) is 5.32. The summed E-state index contributed by atoms with van der Waals surface area (Å²) in [6.07, 6.45) is 0. The summed E-state index contributed by atoms with van der Waals surface area (Å²) in [6, 6.07) is 46.3. The number of rotatable bonds is 2. The number of pyridine rings is 1. The SMILES string of the molecule is CC1(C)c2ccccc2-c2nc3ccc4ccccc4c3c(-c3ccc(-c4ccc5ccccc5c4)cc3)c21. The van der Waals surface area contributed by atoms with E-state index in [1.165, 1.54) is 65.9 Å². The van der Waals surface area contributed by atoms with Crippen molar-refractivity contribution in [2.75, 3.05) is 0 Å². The van der Waals surface area contributed by atoms with Gasteiger partial charge in [-0.3, -0.25) is 0 Å². The van der Waals surface area contributed by atoms with E-state index >= 15 is 0 Å². The van der Waals surface area contributed by atoms with Crippen molar-refractivity contribution in [1.82, 2.24) is 4.98 Å². The van der Waals surface area contributed by atoms with E-state index in [9.17, 15) is 0 Å². The average molecular weight is 498 g/mol. The molecule has 0 fully saturated rings. The Bertz CT molecular complexity index is 2080. The molecule has 1 heteroatoms. The van der Waals surface area contributed by atoms with Crippen LogP contribution in [-0.4, -0.2) is 4.98 Å². The van der Waals surface area contributed by atoms with E-state index in [2.05, 4.69) is 141 Å². The average Bonchev–Trinajstić information content (AvgIpc) is 3.22. The van der Waals surface area contributed by atoms with Crippen LogP contribution >= 0.6 is 0 Å². The van der Waals surface area contributed by atoms with Gasteiger partial charge in [-0.1, -0.05) is 129 Å². The van der Waals surface area contributed by atoms with Crippen molar-refractivity contribution in [2.24, 2.45) is 0 Å². The normalized spacial score (nSPS) is 13.6. The van der Waals surface area contributed by atoms with Crippen LogP contribution in [0, 0.1) is 0 Å². The van der Waals surface area contributed by atoms with E-state index in [1.54, 1.807) is 0 Å². The van der Waals surface area contributed by atoms with Gasteiger partial charge in [-0.2, -0.15) is 0 Å². The molecule has 1 nitrogen and oxygen atoms in total. The molecule has 0 unspecified atom stereocenters. The van der Waals surface area contributed by atoms with Crippen LogP contribution in [0.5, 0.6) is 0 Å². The summed E-state index contributed by atoms with van der Waals surface area (Å²) in [7, 11) is 0. The lowest BCUT2D eigenvalue weighted by Gasteiger charge is -2.25. The molecule has 0 saturated carbocycles. The molecule has 0 atom stereocenters. The fraction of sp³-hybridized carbons (Fsp3) is 0.0789. The summed E-state index contributed by atoms with van der Waals surface area (Å²) in [5.41, 5.74) is 10.9. The summed E-state index contributed by atoms with van der Waals surface area (Å²) < 4.78 is 0. The van der Waals surface area contributed by atoms with Crippen molar-refractivity contribution in [1.29, 1.82) is 0 Å². The first-order valence-electron chi connectivity index (χ1n) is 13.6. The molecule has 0 bridgehead atoms. The number of hydrogen-bond donors (Lipinski definition) is 0. The van der Waals surface area contributed by atoms with Crippen molar-refractivity contribution in [3.05, 3.63) is 139 Å². The van der Waals surface area contributed by atoms with Gasteiger partial charge < -0.3 is 0 Å². The molecule has 1 heterocycles. The number of hydrogen-bond acceptors (Lipinski definition) is 1. The minimum absolute atomic E-state index is 0.156. The van der Waals surface area contributed by atoms with E-state index in [-0.39, 0.29) is 5.41 Å². The van der Waals surface area contributed by atoms with Crippen LogP contribution in [0.15, 0.2) is 127 Å². The molecule has 39 heavy (non-hydrogen) atoms. The molecular weight excluding hydrogens is 470 g/mol. The van der Waals surface area contributed by atoms with Crippen LogP contribution < -0.4 is 0 Å². The van der Waals surface area contributed by atoms with E-state index in [4.69, 9.17) is 4.98 Å². The summed E-state index contributed by atoms with van der Waals surface area (Å²) in [5, 5.41) is 6.28. The highest BCUT2D eigenvalue weighted by Gasteiger charge is 2.39. The summed E-state index contributed by atoms with van der Waals surface area (Å²) >= 11 is 0. The van der Waals surface area contributed by atoms with E-state index < -0.39 is 0 Å². The Labute approximate surface area is 228 Å². The third-order valence-electron chi connectivity index (χ3n) is 8.61. The molecule has 184 valence electrons. The van der Waals surface area contributed by atoms with E-state index in [0.29, 0.717) is 0 Å². The topological polar surface area (TPSA) is 12.9 Å². The molecule has 0 N–H and O–H groups in total. The van der Waals surface area contributed by atoms with Crippen LogP contribution in [-0.2, 0) is 5.41 Å². The fourth-order valence-corrected chi connectivity index (χ4v) is 6.70. The van der Waals surface area contributed by atoms with Crippen LogP contribution in [0.1, 0.15) is 25.0 Å². The monoisotopic (exact) mass is 497 g/mol. The number of benzene rings is 6. The van der Waals surface area contributed by atoms with Gasteiger partial charge in [0.1, 0.15) is 0 Å². The molecule has 0 radical (unpaired) electrons. The smallest absolute Gasteiger partial charge is 0.0759 e. The predicted octanol–water partition coefficient (Wildman–Crippen LogP) is 10.2. The molecule has 1 aliphatic rings. The molecule has 1 aliphatic carbocycles. The zero-order chi connectivity index (χ0) is 26.1. The van der Waals surface area contributed by atoms with Crippen molar-refractivity contribution >= 4 is 32.4 Å². The van der Waals surface area contributed by atoms with Gasteiger partial charge in [0.05, 0.1) is 11.2 Å². The number of nitrogens with zero attached hydrogens (tertiary/aromatic N) is 1. The second kappa shape index (κ2) is 8.12. The van der Waals surface area contributed by atoms with Crippen LogP contribution in [0.25, 0.3) is 66.0 Å². The largest absolute Gasteiger partial charge is 0.247 e. The molecule has 8 rings (SSSR count). The minimum Gasteiger partial charge on any atom is -0.247 e. The zero-order valence-electron chi connectivity index (χ0n) is 22.1. The Hall–Kier alpha value is -4.75. The third kappa shape index (κ3) is 3.23. The van der Waals surface area contributed by atoms with Gasteiger partial charge in [-0.25, -0.2) is 4.98 Å². The molecule has 7 aromatic rings. The van der Waals surface area contributed by atoms with Gasteiger partial charge in [-0.15, -0.1) is 0 Å². The second-order valence-electron chi connectivity index (χ2n) is 11.2. The van der Waals surface area contributed by atoms with Gasteiger partial charge in [0.25, 0.3) is 0 Å². The Morgan fingerprint density at radius 2 is 1.18 bits per heavy atom. The van der Waals surface area contributed by atoms with Gasteiger partial charge in [0.15, 0.2) is 0 Å². The maximum absolute atomic E-state index is 5.32. The standard InChI is InChI=1S/C38H27N/c1-38(2)32-14-8-7-13-31(32)37-36(38)34(35-30-12-6-5-10-26(30)21-22-33(35)39-37)27-18-15-25(16-19-27)29-20-17-24-9-3-4-11-28(24)23-29/h3-23H,1-2H3. The Balaban J connectivity index is 1.41. The Morgan fingerprint density at radius 1 is 0.538 bits per heavy atom. The highest BCUT2D eigenvalue weighted by atomic mass is 14.7. The summed E-state index contributed by atoms with van der Waals surface area (Å²) in [6.45, 7) is 4.70. The van der Waals surface area contributed by atoms with E-state index in [1.807, 2.05) is 0 Å². The van der Waals surface area contributed by atoms with Gasteiger partial charge in [0, 0.05) is 16.4 Å². The van der Waals surface area contributed by atoms with Crippen molar-refractivity contribution in [3.8, 4) is 33.5 Å². The quantitative estimate of drug-likeness (QED) is 0.217. The molecule has 0 saturated heterocycles. The fourth-order valence-electron chi connectivity index (χ4n) is 6.70. The molecule has 0 amide bonds. The van der Waals surface area contributed by atoms with Gasteiger partial charge in [0.2, 0.25) is 0 Å². The predicted molar refractivity (Wildman–Crippen MR) is 165 cm³/mol. The molecule has 6 aromatic carbocycles. The van der Waals surface area contributed by atoms with Gasteiger partial charge in [-0.05, 0) is 67.1 Å². The summed E-state index contributed by atoms with van der Waals surface area (Å²) in [5.74, 6) is 0. The Morgan fingerprint density at radius 3 is 2.03 bits per heavy atom. The highest BCUT2D eigenvalue weighted by Crippen LogP contribution is 2.53. The maximum Gasteiger partial charge on any atom is 0.0759 e. The van der Waals surface area contributed by atoms with Crippen LogP contribution in [0.3, 0.4) is 0 Å². The van der Waals surface area contributed by atoms with Crippen molar-refractivity contribution < 1.29 is 0 Å². The molecule has 0 aliphatic heterocycles. The zero-order valence-corrected chi connectivity index (χ0v) is 22.1. The maximum atomic E-state index is 5.32. The highest BCUT2D eigenvalue weighted by molar-refractivity contribution is 6.15. The second-order valence-corrected chi connectivity index (χ2v) is 11.2. The van der Waals surface area contributed by atoms with Crippen LogP contribution in [0.2, 0.25) is 0 Å². The lowest BCUT2D eigenvalue weighted by molar-refractivity contribution is 0.662. The number of aromatic nitrogens is 1. The molecular formula is C38H27N. The van der Waals surface area contributed by atoms with Crippen molar-refractivity contribution in [2.45, 2.75) is 19.3 Å². The lowest BCUT2D eigenvalue weighted by atomic mass is 9.78. The number of fused-ring (bicyclic) bond motifs is 7. The molecule has 1 aromatic heterocycles. The Kier molecular flexibility index (Phi) is 4.63. The molecule has 0 spiro atoms. The first-order chi connectivity index (χ1) is 19.1. The van der Waals surface area contributed by atoms with Crippen LogP contribution in [0.4, 0.5) is 0 Å². The first-order valence-corrected chi connectivity index (χ1v) is 13.6. The van der Waals surface area contributed by atoms with Crippen molar-refractivity contribution in [3.63, 3.8) is 0 Å².